The second-order valence-electron chi connectivity index (χ2n) is 17.4. The van der Waals surface area contributed by atoms with E-state index in [1.807, 2.05) is 70.2 Å². The zero-order valence-corrected chi connectivity index (χ0v) is 32.9. The summed E-state index contributed by atoms with van der Waals surface area (Å²) < 4.78 is 7.53. The number of rotatable bonds is 8. The minimum absolute atomic E-state index is 0.0892. The van der Waals surface area contributed by atoms with Crippen LogP contribution in [0.5, 0.6) is 5.75 Å². The molecule has 5 amide bonds. The first-order valence-electron chi connectivity index (χ1n) is 19.6. The quantitative estimate of drug-likeness (QED) is 0.323. The summed E-state index contributed by atoms with van der Waals surface area (Å²) >= 11 is 0. The Morgan fingerprint density at radius 1 is 0.895 bits per heavy atom. The number of pyridine rings is 1. The lowest BCUT2D eigenvalue weighted by molar-refractivity contribution is -0.164. The molecule has 5 heterocycles. The highest BCUT2D eigenvalue weighted by molar-refractivity contribution is 6.23. The van der Waals surface area contributed by atoms with Crippen LogP contribution in [0.1, 0.15) is 101 Å². The number of hydrogen-bond acceptors (Lipinski definition) is 10. The summed E-state index contributed by atoms with van der Waals surface area (Å²) in [7, 11) is 1.54. The van der Waals surface area contributed by atoms with Gasteiger partial charge in [0.1, 0.15) is 23.9 Å². The molecule has 57 heavy (non-hydrogen) atoms. The lowest BCUT2D eigenvalue weighted by atomic mass is 9.49. The number of imide groups is 2. The van der Waals surface area contributed by atoms with Crippen molar-refractivity contribution in [3.05, 3.63) is 92.4 Å². The monoisotopic (exact) mass is 773 g/mol. The molecule has 1 aliphatic carbocycles. The average Bonchev–Trinajstić information content (AvgIpc) is 3.69. The number of aromatic nitrogens is 1. The third-order valence-electron chi connectivity index (χ3n) is 12.9. The van der Waals surface area contributed by atoms with Crippen molar-refractivity contribution in [2.45, 2.75) is 84.7 Å². The molecule has 14 heteroatoms. The lowest BCUT2D eigenvalue weighted by Gasteiger charge is -2.62. The van der Waals surface area contributed by atoms with Crippen molar-refractivity contribution < 1.29 is 28.7 Å². The topological polar surface area (TPSA) is 174 Å². The molecular weight excluding hydrogens is 727 g/mol. The van der Waals surface area contributed by atoms with E-state index in [0.29, 0.717) is 35.7 Å². The fraction of sp³-hybridized carbons (Fsp3) is 0.465. The van der Waals surface area contributed by atoms with Crippen LogP contribution in [-0.4, -0.2) is 81.7 Å². The first kappa shape index (κ1) is 38.1. The van der Waals surface area contributed by atoms with Crippen molar-refractivity contribution in [2.24, 2.45) is 23.8 Å². The molecule has 1 aromatic heterocycles. The van der Waals surface area contributed by atoms with Gasteiger partial charge in [0.25, 0.3) is 23.3 Å². The van der Waals surface area contributed by atoms with Crippen molar-refractivity contribution in [3.63, 3.8) is 0 Å². The number of nitriles is 1. The molecule has 2 aromatic carbocycles. The van der Waals surface area contributed by atoms with Crippen LogP contribution in [0, 0.1) is 28.1 Å². The molecule has 0 spiro atoms. The van der Waals surface area contributed by atoms with Crippen LogP contribution in [0.2, 0.25) is 0 Å². The zero-order valence-electron chi connectivity index (χ0n) is 32.9. The van der Waals surface area contributed by atoms with E-state index < -0.39 is 40.5 Å². The van der Waals surface area contributed by atoms with Gasteiger partial charge < -0.3 is 15.0 Å². The number of benzene rings is 2. The summed E-state index contributed by atoms with van der Waals surface area (Å²) in [6.07, 6.45) is 1.89. The molecule has 5 aliphatic rings. The molecule has 296 valence electrons. The summed E-state index contributed by atoms with van der Waals surface area (Å²) in [4.78, 5) is 82.8. The summed E-state index contributed by atoms with van der Waals surface area (Å²) in [5, 5.41) is 14.7. The van der Waals surface area contributed by atoms with Crippen LogP contribution in [0.3, 0.4) is 0 Å². The molecule has 0 bridgehead atoms. The Kier molecular flexibility index (Phi) is 9.34. The van der Waals surface area contributed by atoms with Gasteiger partial charge in [-0.3, -0.25) is 48.5 Å². The number of carbonyl (C=O) groups is 5. The van der Waals surface area contributed by atoms with Gasteiger partial charge in [0.05, 0.1) is 11.1 Å². The van der Waals surface area contributed by atoms with E-state index in [4.69, 9.17) is 4.74 Å². The van der Waals surface area contributed by atoms with Gasteiger partial charge in [-0.25, -0.2) is 0 Å². The highest BCUT2D eigenvalue weighted by atomic mass is 16.5. The van der Waals surface area contributed by atoms with Gasteiger partial charge in [0, 0.05) is 74.3 Å². The Morgan fingerprint density at radius 2 is 1.51 bits per heavy atom. The maximum absolute atomic E-state index is 13.5. The van der Waals surface area contributed by atoms with E-state index in [0.717, 1.165) is 54.2 Å². The number of ether oxygens (including phenoxy) is 1. The normalized spacial score (nSPS) is 24.0. The molecule has 0 radical (unpaired) electrons. The van der Waals surface area contributed by atoms with Crippen molar-refractivity contribution in [3.8, 4) is 11.8 Å². The Morgan fingerprint density at radius 3 is 2.09 bits per heavy atom. The van der Waals surface area contributed by atoms with Gasteiger partial charge >= 0.3 is 0 Å². The molecule has 2 saturated heterocycles. The van der Waals surface area contributed by atoms with Crippen LogP contribution in [0.4, 0.5) is 5.69 Å². The van der Waals surface area contributed by atoms with Crippen molar-refractivity contribution >= 4 is 35.2 Å². The van der Waals surface area contributed by atoms with Crippen molar-refractivity contribution in [1.82, 2.24) is 25.0 Å². The zero-order chi connectivity index (χ0) is 40.6. The molecule has 3 fully saturated rings. The molecule has 1 unspecified atom stereocenters. The van der Waals surface area contributed by atoms with Gasteiger partial charge in [-0.1, -0.05) is 27.7 Å². The highest BCUT2D eigenvalue weighted by Crippen LogP contribution is 2.55. The minimum atomic E-state index is -0.972. The summed E-state index contributed by atoms with van der Waals surface area (Å²) in [6.45, 7) is 12.1. The van der Waals surface area contributed by atoms with Gasteiger partial charge in [0.2, 0.25) is 11.8 Å². The molecule has 8 rings (SSSR count). The smallest absolute Gasteiger partial charge is 0.293 e. The Bertz CT molecular complexity index is 2260. The average molecular weight is 774 g/mol. The summed E-state index contributed by atoms with van der Waals surface area (Å²) in [6, 6.07) is 15.3. The fourth-order valence-corrected chi connectivity index (χ4v) is 10.1. The highest BCUT2D eigenvalue weighted by Gasteiger charge is 2.64. The van der Waals surface area contributed by atoms with Crippen LogP contribution in [-0.2, 0) is 29.7 Å². The molecule has 2 N–H and O–H groups in total. The number of piperidine rings is 2. The summed E-state index contributed by atoms with van der Waals surface area (Å²) in [5.41, 5.74) is 3.26. The number of nitrogens with zero attached hydrogens (tertiary/aromatic N) is 5. The standard InChI is InChI=1S/C43H47N7O7/c1-42(2)40(43(3,4)41(42)57-33-12-10-29(20-44)47(5)39(33)56)46-35(52)25-6-8-28(9-7-25)49-16-14-24(15-17-49)21-48-22-26-18-30-31(19-27(26)23-48)38(55)50(37(30)54)32-11-13-34(51)45-36(32)53/h6-10,12,18-19,24,32,40-41H,11,13-17,21-23H2,1-5H3,(H,46,52)(H,45,51,53). The van der Waals surface area contributed by atoms with Crippen LogP contribution in [0.15, 0.2) is 53.3 Å². The molecule has 14 nitrogen and oxygen atoms in total. The number of fused-ring (bicyclic) bond motifs is 2. The number of amides is 5. The van der Waals surface area contributed by atoms with Gasteiger partial charge in [-0.15, -0.1) is 0 Å². The third kappa shape index (κ3) is 6.47. The number of carbonyl (C=O) groups excluding carboxylic acids is 5. The predicted molar refractivity (Wildman–Crippen MR) is 208 cm³/mol. The largest absolute Gasteiger partial charge is 0.483 e. The second kappa shape index (κ2) is 14.0. The van der Waals surface area contributed by atoms with E-state index in [2.05, 4.69) is 20.4 Å². The fourth-order valence-electron chi connectivity index (χ4n) is 10.1. The van der Waals surface area contributed by atoms with Gasteiger partial charge in [-0.05, 0) is 84.8 Å². The SMILES string of the molecule is Cn1c(C#N)ccc(OC2C(C)(C)C(NC(=O)c3ccc(N4CCC(CN5Cc6cc7c(cc6C5)C(=O)N(C5CCC(=O)NC5=O)C7=O)CC4)cc3)C2(C)C)c1=O. The second-order valence-corrected chi connectivity index (χ2v) is 17.4. The van der Waals surface area contributed by atoms with Crippen LogP contribution < -0.4 is 25.8 Å². The molecular formula is C43H47N7O7. The number of anilines is 1. The Balaban J connectivity index is 0.826. The molecule has 1 atom stereocenters. The maximum Gasteiger partial charge on any atom is 0.293 e. The Labute approximate surface area is 330 Å². The minimum Gasteiger partial charge on any atom is -0.483 e. The van der Waals surface area contributed by atoms with E-state index in [-0.39, 0.29) is 47.9 Å². The molecule has 1 saturated carbocycles. The maximum atomic E-state index is 13.5. The van der Waals surface area contributed by atoms with Gasteiger partial charge in [0.15, 0.2) is 5.75 Å². The van der Waals surface area contributed by atoms with Gasteiger partial charge in [-0.2, -0.15) is 5.26 Å². The predicted octanol–water partition coefficient (Wildman–Crippen LogP) is 3.50. The molecule has 4 aliphatic heterocycles. The van der Waals surface area contributed by atoms with Crippen molar-refractivity contribution in [1.29, 1.82) is 5.26 Å². The Hall–Kier alpha value is -5.81. The first-order valence-corrected chi connectivity index (χ1v) is 19.6. The first-order chi connectivity index (χ1) is 27.1. The van der Waals surface area contributed by atoms with E-state index in [9.17, 15) is 34.0 Å². The van der Waals surface area contributed by atoms with E-state index in [1.165, 1.54) is 4.57 Å². The summed E-state index contributed by atoms with van der Waals surface area (Å²) in [5.74, 6) is -1.46. The molecule has 3 aromatic rings. The van der Waals surface area contributed by atoms with Crippen LogP contribution >= 0.6 is 0 Å². The third-order valence-corrected chi connectivity index (χ3v) is 12.9. The van der Waals surface area contributed by atoms with Crippen LogP contribution in [0.25, 0.3) is 0 Å². The van der Waals surface area contributed by atoms with E-state index in [1.54, 1.807) is 19.2 Å². The van der Waals surface area contributed by atoms with Crippen molar-refractivity contribution in [2.75, 3.05) is 24.5 Å². The lowest BCUT2D eigenvalue weighted by Crippen LogP contribution is -2.74. The van der Waals surface area contributed by atoms with E-state index >= 15 is 0 Å². The number of nitrogens with one attached hydrogen (secondary N) is 2. The number of hydrogen-bond donors (Lipinski definition) is 2.